The van der Waals surface area contributed by atoms with Crippen LogP contribution in [0.4, 0.5) is 0 Å². The predicted molar refractivity (Wildman–Crippen MR) is 74.8 cm³/mol. The number of hydrogen-bond donors (Lipinski definition) is 1. The Kier molecular flexibility index (Phi) is 3.34. The van der Waals surface area contributed by atoms with Crippen molar-refractivity contribution in [1.82, 2.24) is 20.3 Å². The first-order valence-electron chi connectivity index (χ1n) is 6.85. The molecule has 3 unspecified atom stereocenters. The van der Waals surface area contributed by atoms with Crippen LogP contribution in [0.5, 0.6) is 0 Å². The van der Waals surface area contributed by atoms with Gasteiger partial charge in [-0.2, -0.15) is 0 Å². The van der Waals surface area contributed by atoms with Gasteiger partial charge in [0.25, 0.3) is 0 Å². The molecule has 1 aliphatic rings. The van der Waals surface area contributed by atoms with E-state index in [1.54, 1.807) is 4.68 Å². The molecule has 100 valence electrons. The normalized spacial score (nSPS) is 23.3. The molecular formula is C15H20N4. The minimum absolute atomic E-state index is 0.488. The molecule has 4 heteroatoms. The Labute approximate surface area is 113 Å². The molecule has 3 rings (SSSR count). The van der Waals surface area contributed by atoms with Gasteiger partial charge in [0.15, 0.2) is 0 Å². The van der Waals surface area contributed by atoms with Crippen molar-refractivity contribution in [3.05, 3.63) is 47.8 Å². The summed E-state index contributed by atoms with van der Waals surface area (Å²) in [4.78, 5) is 0. The zero-order valence-electron chi connectivity index (χ0n) is 11.5. The number of aryl methyl sites for hydroxylation is 1. The second-order valence-electron chi connectivity index (χ2n) is 5.40. The maximum absolute atomic E-state index is 4.18. The average molecular weight is 256 g/mol. The highest BCUT2D eigenvalue weighted by molar-refractivity contribution is 5.27. The summed E-state index contributed by atoms with van der Waals surface area (Å²) in [5.74, 6) is 1.42. The summed E-state index contributed by atoms with van der Waals surface area (Å²) in [6.07, 6.45) is 4.23. The maximum atomic E-state index is 4.18. The Morgan fingerprint density at radius 2 is 2.16 bits per heavy atom. The average Bonchev–Trinajstić information content (AvgIpc) is 3.13. The Hall–Kier alpha value is -1.68. The lowest BCUT2D eigenvalue weighted by molar-refractivity contribution is 0.486. The van der Waals surface area contributed by atoms with Crippen LogP contribution in [-0.2, 0) is 13.5 Å². The summed E-state index contributed by atoms with van der Waals surface area (Å²) >= 11 is 0. The number of nitrogens with one attached hydrogen (secondary N) is 1. The highest BCUT2D eigenvalue weighted by Gasteiger charge is 2.43. The molecule has 0 aliphatic heterocycles. The van der Waals surface area contributed by atoms with Gasteiger partial charge in [-0.05, 0) is 30.9 Å². The van der Waals surface area contributed by atoms with Crippen molar-refractivity contribution in [2.75, 3.05) is 7.05 Å². The van der Waals surface area contributed by atoms with Crippen LogP contribution < -0.4 is 5.32 Å². The van der Waals surface area contributed by atoms with E-state index in [4.69, 9.17) is 0 Å². The first-order valence-corrected chi connectivity index (χ1v) is 6.85. The first kappa shape index (κ1) is 12.4. The van der Waals surface area contributed by atoms with Gasteiger partial charge < -0.3 is 5.32 Å². The maximum Gasteiger partial charge on any atom is 0.0842 e. The zero-order chi connectivity index (χ0) is 13.2. The van der Waals surface area contributed by atoms with E-state index in [1.807, 2.05) is 20.3 Å². The monoisotopic (exact) mass is 256 g/mol. The molecule has 0 bridgehead atoms. The minimum atomic E-state index is 0.488. The summed E-state index contributed by atoms with van der Waals surface area (Å²) in [6.45, 7) is 0. The van der Waals surface area contributed by atoms with E-state index >= 15 is 0 Å². The molecule has 0 radical (unpaired) electrons. The van der Waals surface area contributed by atoms with Crippen LogP contribution in [0.3, 0.4) is 0 Å². The van der Waals surface area contributed by atoms with Crippen molar-refractivity contribution in [3.8, 4) is 0 Å². The van der Waals surface area contributed by atoms with Gasteiger partial charge in [0.2, 0.25) is 0 Å². The molecule has 1 heterocycles. The standard InChI is InChI=1S/C15H20N4/c1-16-15(8-12-10-19(2)18-17-12)14-9-13(14)11-6-4-3-5-7-11/h3-7,10,13-16H,8-9H2,1-2H3. The molecule has 4 nitrogen and oxygen atoms in total. The quantitative estimate of drug-likeness (QED) is 0.886. The van der Waals surface area contributed by atoms with Crippen LogP contribution in [0.1, 0.15) is 23.6 Å². The molecule has 0 saturated heterocycles. The lowest BCUT2D eigenvalue weighted by Gasteiger charge is -2.14. The van der Waals surface area contributed by atoms with Gasteiger partial charge >= 0.3 is 0 Å². The molecule has 1 saturated carbocycles. The van der Waals surface area contributed by atoms with Crippen molar-refractivity contribution in [2.24, 2.45) is 13.0 Å². The number of benzene rings is 1. The van der Waals surface area contributed by atoms with E-state index in [9.17, 15) is 0 Å². The molecule has 3 atom stereocenters. The third-order valence-corrected chi connectivity index (χ3v) is 4.03. The van der Waals surface area contributed by atoms with Gasteiger partial charge in [-0.3, -0.25) is 4.68 Å². The summed E-state index contributed by atoms with van der Waals surface area (Å²) < 4.78 is 1.77. The van der Waals surface area contributed by atoms with Crippen LogP contribution in [0.2, 0.25) is 0 Å². The van der Waals surface area contributed by atoms with Gasteiger partial charge in [-0.15, -0.1) is 5.10 Å². The van der Waals surface area contributed by atoms with Crippen molar-refractivity contribution < 1.29 is 0 Å². The zero-order valence-corrected chi connectivity index (χ0v) is 11.5. The lowest BCUT2D eigenvalue weighted by Crippen LogP contribution is -2.30. The summed E-state index contributed by atoms with van der Waals surface area (Å²) in [6, 6.07) is 11.3. The van der Waals surface area contributed by atoms with Crippen molar-refractivity contribution >= 4 is 0 Å². The van der Waals surface area contributed by atoms with Crippen LogP contribution in [0.25, 0.3) is 0 Å². The van der Waals surface area contributed by atoms with E-state index in [-0.39, 0.29) is 0 Å². The molecule has 1 aromatic heterocycles. The third-order valence-electron chi connectivity index (χ3n) is 4.03. The van der Waals surface area contributed by atoms with Gasteiger partial charge in [0.05, 0.1) is 5.69 Å². The molecule has 2 aromatic rings. The van der Waals surface area contributed by atoms with Crippen molar-refractivity contribution in [1.29, 1.82) is 0 Å². The Balaban J connectivity index is 1.65. The van der Waals surface area contributed by atoms with Gasteiger partial charge in [0, 0.05) is 25.7 Å². The second-order valence-corrected chi connectivity index (χ2v) is 5.40. The van der Waals surface area contributed by atoms with Crippen LogP contribution in [0, 0.1) is 5.92 Å². The SMILES string of the molecule is CNC(Cc1cn(C)nn1)C1CC1c1ccccc1. The van der Waals surface area contributed by atoms with E-state index in [2.05, 4.69) is 46.0 Å². The molecule has 1 aliphatic carbocycles. The summed E-state index contributed by atoms with van der Waals surface area (Å²) in [5.41, 5.74) is 2.53. The number of aromatic nitrogens is 3. The molecular weight excluding hydrogens is 236 g/mol. The topological polar surface area (TPSA) is 42.7 Å². The Morgan fingerprint density at radius 1 is 1.37 bits per heavy atom. The van der Waals surface area contributed by atoms with Gasteiger partial charge in [-0.25, -0.2) is 0 Å². The van der Waals surface area contributed by atoms with E-state index < -0.39 is 0 Å². The highest BCUT2D eigenvalue weighted by Crippen LogP contribution is 2.49. The van der Waals surface area contributed by atoms with E-state index in [0.29, 0.717) is 12.0 Å². The molecule has 1 N–H and O–H groups in total. The highest BCUT2D eigenvalue weighted by atomic mass is 15.4. The molecule has 1 aromatic carbocycles. The second kappa shape index (κ2) is 5.13. The Morgan fingerprint density at radius 3 is 2.79 bits per heavy atom. The fourth-order valence-corrected chi connectivity index (χ4v) is 2.92. The van der Waals surface area contributed by atoms with Gasteiger partial charge in [-0.1, -0.05) is 35.5 Å². The van der Waals surface area contributed by atoms with Crippen LogP contribution in [-0.4, -0.2) is 28.1 Å². The molecule has 19 heavy (non-hydrogen) atoms. The first-order chi connectivity index (χ1) is 9.28. The Bertz CT molecular complexity index is 534. The number of hydrogen-bond acceptors (Lipinski definition) is 3. The largest absolute Gasteiger partial charge is 0.316 e. The van der Waals surface area contributed by atoms with Crippen LogP contribution in [0.15, 0.2) is 36.5 Å². The van der Waals surface area contributed by atoms with Crippen molar-refractivity contribution in [2.45, 2.75) is 24.8 Å². The fraction of sp³-hybridized carbons (Fsp3) is 0.467. The molecule has 1 fully saturated rings. The van der Waals surface area contributed by atoms with E-state index in [0.717, 1.165) is 18.0 Å². The number of likely N-dealkylation sites (N-methyl/N-ethyl adjacent to an activating group) is 1. The lowest BCUT2D eigenvalue weighted by atomic mass is 10.0. The smallest absolute Gasteiger partial charge is 0.0842 e. The van der Waals surface area contributed by atoms with Crippen molar-refractivity contribution in [3.63, 3.8) is 0 Å². The minimum Gasteiger partial charge on any atom is -0.316 e. The molecule has 0 amide bonds. The third kappa shape index (κ3) is 2.68. The summed E-state index contributed by atoms with van der Waals surface area (Å²) in [7, 11) is 3.95. The number of rotatable bonds is 5. The predicted octanol–water partition coefficient (Wildman–Crippen LogP) is 1.75. The van der Waals surface area contributed by atoms with E-state index in [1.165, 1.54) is 12.0 Å². The molecule has 0 spiro atoms. The van der Waals surface area contributed by atoms with Crippen LogP contribution >= 0.6 is 0 Å². The fourth-order valence-electron chi connectivity index (χ4n) is 2.92. The summed E-state index contributed by atoms with van der Waals surface area (Å²) in [5, 5.41) is 11.6. The number of nitrogens with zero attached hydrogens (tertiary/aromatic N) is 3. The van der Waals surface area contributed by atoms with Gasteiger partial charge in [0.1, 0.15) is 0 Å².